The van der Waals surface area contributed by atoms with Gasteiger partial charge in [0.2, 0.25) is 0 Å². The van der Waals surface area contributed by atoms with Gasteiger partial charge in [-0.1, -0.05) is 115 Å². The number of rotatable bonds is 3. The van der Waals surface area contributed by atoms with Gasteiger partial charge in [-0.05, 0) is 82.9 Å². The van der Waals surface area contributed by atoms with Crippen LogP contribution in [0, 0.1) is 0 Å². The van der Waals surface area contributed by atoms with Crippen molar-refractivity contribution in [1.82, 2.24) is 0 Å². The first kappa shape index (κ1) is 21.8. The quantitative estimate of drug-likeness (QED) is 0.160. The highest BCUT2D eigenvalue weighted by molar-refractivity contribution is 6.66. The van der Waals surface area contributed by atoms with Crippen molar-refractivity contribution in [2.45, 2.75) is 0 Å². The molecular formula is C34H23BO2. The van der Waals surface area contributed by atoms with Crippen molar-refractivity contribution < 1.29 is 10.0 Å². The minimum Gasteiger partial charge on any atom is -0.423 e. The highest BCUT2D eigenvalue weighted by atomic mass is 16.4. The first-order chi connectivity index (χ1) is 18.2. The van der Waals surface area contributed by atoms with Gasteiger partial charge in [0, 0.05) is 0 Å². The van der Waals surface area contributed by atoms with Crippen LogP contribution in [0.5, 0.6) is 0 Å². The molecular weight excluding hydrogens is 451 g/mol. The second-order valence-corrected chi connectivity index (χ2v) is 9.53. The van der Waals surface area contributed by atoms with Gasteiger partial charge in [-0.3, -0.25) is 0 Å². The second kappa shape index (κ2) is 8.60. The van der Waals surface area contributed by atoms with Crippen LogP contribution in [0.15, 0.2) is 127 Å². The Morgan fingerprint density at radius 3 is 1.57 bits per heavy atom. The molecule has 7 aromatic carbocycles. The van der Waals surface area contributed by atoms with Crippen molar-refractivity contribution in [2.24, 2.45) is 0 Å². The van der Waals surface area contributed by atoms with Gasteiger partial charge in [-0.15, -0.1) is 0 Å². The van der Waals surface area contributed by atoms with Crippen LogP contribution < -0.4 is 5.46 Å². The summed E-state index contributed by atoms with van der Waals surface area (Å²) in [6.45, 7) is 0. The van der Waals surface area contributed by atoms with Crippen LogP contribution in [0.1, 0.15) is 0 Å². The van der Waals surface area contributed by atoms with Gasteiger partial charge >= 0.3 is 7.12 Å². The van der Waals surface area contributed by atoms with Gasteiger partial charge < -0.3 is 10.0 Å². The van der Waals surface area contributed by atoms with Gasteiger partial charge in [-0.2, -0.15) is 0 Å². The van der Waals surface area contributed by atoms with E-state index in [1.54, 1.807) is 0 Å². The lowest BCUT2D eigenvalue weighted by Crippen LogP contribution is -2.31. The Morgan fingerprint density at radius 1 is 0.405 bits per heavy atom. The molecule has 7 aromatic rings. The molecule has 2 N–H and O–H groups in total. The van der Waals surface area contributed by atoms with Crippen molar-refractivity contribution in [3.8, 4) is 22.3 Å². The maximum atomic E-state index is 10.3. The van der Waals surface area contributed by atoms with Gasteiger partial charge in [0.05, 0.1) is 0 Å². The zero-order valence-electron chi connectivity index (χ0n) is 20.1. The third-order valence-electron chi connectivity index (χ3n) is 7.46. The molecule has 37 heavy (non-hydrogen) atoms. The molecule has 0 aliphatic carbocycles. The van der Waals surface area contributed by atoms with Crippen LogP contribution in [0.4, 0.5) is 0 Å². The number of hydrogen-bond donors (Lipinski definition) is 2. The summed E-state index contributed by atoms with van der Waals surface area (Å²) in [7, 11) is -1.56. The minimum absolute atomic E-state index is 0.548. The zero-order chi connectivity index (χ0) is 24.9. The summed E-state index contributed by atoms with van der Waals surface area (Å²) < 4.78 is 0. The summed E-state index contributed by atoms with van der Waals surface area (Å²) in [6.07, 6.45) is 0. The summed E-state index contributed by atoms with van der Waals surface area (Å²) in [4.78, 5) is 0. The maximum absolute atomic E-state index is 10.3. The van der Waals surface area contributed by atoms with Crippen LogP contribution in [-0.2, 0) is 0 Å². The van der Waals surface area contributed by atoms with E-state index in [2.05, 4.69) is 91.0 Å². The Labute approximate surface area is 215 Å². The van der Waals surface area contributed by atoms with E-state index in [1.807, 2.05) is 36.4 Å². The van der Waals surface area contributed by atoms with Crippen molar-refractivity contribution in [2.75, 3.05) is 0 Å². The normalized spacial score (nSPS) is 11.5. The molecule has 0 bridgehead atoms. The molecule has 2 nitrogen and oxygen atoms in total. The Balaban J connectivity index is 1.55. The monoisotopic (exact) mass is 474 g/mol. The fraction of sp³-hybridized carbons (Fsp3) is 0. The van der Waals surface area contributed by atoms with E-state index in [4.69, 9.17) is 0 Å². The van der Waals surface area contributed by atoms with Crippen molar-refractivity contribution >= 4 is 55.7 Å². The molecule has 174 valence electrons. The predicted octanol–water partition coefficient (Wildman–Crippen LogP) is 7.31. The van der Waals surface area contributed by atoms with Crippen molar-refractivity contribution in [3.05, 3.63) is 127 Å². The number of fused-ring (bicyclic) bond motifs is 5. The predicted molar refractivity (Wildman–Crippen MR) is 157 cm³/mol. The molecule has 0 radical (unpaired) electrons. The van der Waals surface area contributed by atoms with Crippen LogP contribution >= 0.6 is 0 Å². The smallest absolute Gasteiger partial charge is 0.423 e. The van der Waals surface area contributed by atoms with E-state index in [0.29, 0.717) is 5.46 Å². The van der Waals surface area contributed by atoms with Crippen LogP contribution in [0.25, 0.3) is 65.3 Å². The molecule has 3 heteroatoms. The average Bonchev–Trinajstić information content (AvgIpc) is 2.95. The van der Waals surface area contributed by atoms with E-state index in [1.165, 1.54) is 27.1 Å². The summed E-state index contributed by atoms with van der Waals surface area (Å²) in [5.41, 5.74) is 5.10. The number of hydrogen-bond acceptors (Lipinski definition) is 2. The van der Waals surface area contributed by atoms with Gasteiger partial charge in [0.15, 0.2) is 0 Å². The molecule has 0 unspecified atom stereocenters. The first-order valence-electron chi connectivity index (χ1n) is 12.5. The van der Waals surface area contributed by atoms with E-state index >= 15 is 0 Å². The number of benzene rings is 7. The minimum atomic E-state index is -1.56. The van der Waals surface area contributed by atoms with Crippen molar-refractivity contribution in [1.29, 1.82) is 0 Å². The molecule has 0 saturated heterocycles. The second-order valence-electron chi connectivity index (χ2n) is 9.53. The van der Waals surface area contributed by atoms with E-state index < -0.39 is 7.12 Å². The highest BCUT2D eigenvalue weighted by Crippen LogP contribution is 2.39. The van der Waals surface area contributed by atoms with Crippen molar-refractivity contribution in [3.63, 3.8) is 0 Å². The molecule has 0 aromatic heterocycles. The molecule has 7 rings (SSSR count). The molecule has 0 heterocycles. The Hall–Kier alpha value is -4.44. The molecule has 0 spiro atoms. The molecule has 0 saturated carbocycles. The zero-order valence-corrected chi connectivity index (χ0v) is 20.1. The van der Waals surface area contributed by atoms with Crippen LogP contribution in [0.2, 0.25) is 0 Å². The lowest BCUT2D eigenvalue weighted by molar-refractivity contribution is 0.426. The standard InChI is InChI=1S/C34H23BO2/c36-35(37)34-30-18-7-5-16-28(30)33(29-17-6-8-19-31(29)34)24-12-9-11-22(20-24)32-21-23-10-1-2-13-25(23)26-14-3-4-15-27(26)32/h1-21,36-37H. The van der Waals surface area contributed by atoms with Crippen LogP contribution in [0.3, 0.4) is 0 Å². The lowest BCUT2D eigenvalue weighted by Gasteiger charge is -2.18. The fourth-order valence-electron chi connectivity index (χ4n) is 5.89. The largest absolute Gasteiger partial charge is 0.489 e. The van der Waals surface area contributed by atoms with E-state index in [9.17, 15) is 10.0 Å². The molecule has 0 aliphatic rings. The van der Waals surface area contributed by atoms with Gasteiger partial charge in [-0.25, -0.2) is 0 Å². The maximum Gasteiger partial charge on any atom is 0.489 e. The fourth-order valence-corrected chi connectivity index (χ4v) is 5.89. The topological polar surface area (TPSA) is 40.5 Å². The van der Waals surface area contributed by atoms with Crippen LogP contribution in [-0.4, -0.2) is 17.2 Å². The summed E-state index contributed by atoms with van der Waals surface area (Å²) in [5, 5.41) is 29.3. The summed E-state index contributed by atoms with van der Waals surface area (Å²) in [6, 6.07) is 44.2. The van der Waals surface area contributed by atoms with E-state index in [0.717, 1.165) is 38.2 Å². The third-order valence-corrected chi connectivity index (χ3v) is 7.46. The summed E-state index contributed by atoms with van der Waals surface area (Å²) in [5.74, 6) is 0. The highest BCUT2D eigenvalue weighted by Gasteiger charge is 2.22. The molecule has 0 atom stereocenters. The SMILES string of the molecule is OB(O)c1c2ccccc2c(-c2cccc(-c3cc4ccccc4c4ccccc34)c2)c2ccccc12. The van der Waals surface area contributed by atoms with Gasteiger partial charge in [0.1, 0.15) is 0 Å². The molecule has 0 aliphatic heterocycles. The molecule has 0 fully saturated rings. The lowest BCUT2D eigenvalue weighted by atomic mass is 9.72. The average molecular weight is 474 g/mol. The van der Waals surface area contributed by atoms with E-state index in [-0.39, 0.29) is 0 Å². The first-order valence-corrected chi connectivity index (χ1v) is 12.5. The Bertz CT molecular complexity index is 1920. The summed E-state index contributed by atoms with van der Waals surface area (Å²) >= 11 is 0. The van der Waals surface area contributed by atoms with Gasteiger partial charge in [0.25, 0.3) is 0 Å². The molecule has 0 amide bonds. The third kappa shape index (κ3) is 3.44. The Kier molecular flexibility index (Phi) is 5.07. The Morgan fingerprint density at radius 2 is 0.919 bits per heavy atom.